The summed E-state index contributed by atoms with van der Waals surface area (Å²) >= 11 is 6.60. The predicted molar refractivity (Wildman–Crippen MR) is 77.9 cm³/mol. The molecule has 3 nitrogen and oxygen atoms in total. The number of carbonyl (C=O) groups excluding carboxylic acids is 1. The molecule has 0 aliphatic carbocycles. The molecular weight excluding hydrogens is 264 g/mol. The van der Waals surface area contributed by atoms with Crippen LogP contribution in [0.1, 0.15) is 22.3 Å². The molecule has 1 N–H and O–H groups in total. The van der Waals surface area contributed by atoms with Crippen molar-refractivity contribution in [3.05, 3.63) is 44.9 Å². The molecule has 1 heterocycles. The average molecular weight is 278 g/mol. The Hall–Kier alpha value is -1.46. The fourth-order valence-electron chi connectivity index (χ4n) is 1.76. The Kier molecular flexibility index (Phi) is 3.93. The number of aromatic nitrogens is 1. The summed E-state index contributed by atoms with van der Waals surface area (Å²) in [5, 5.41) is 2.88. The lowest BCUT2D eigenvalue weighted by Crippen LogP contribution is -2.12. The van der Waals surface area contributed by atoms with Gasteiger partial charge < -0.3 is 9.88 Å². The lowest BCUT2D eigenvalue weighted by Gasteiger charge is -2.05. The molecule has 0 unspecified atom stereocenters. The van der Waals surface area contributed by atoms with E-state index in [9.17, 15) is 4.79 Å². The number of hydrogen-bond donors (Lipinski definition) is 1. The number of rotatable bonds is 3. The third-order valence-electron chi connectivity index (χ3n) is 2.70. The first-order valence-corrected chi connectivity index (χ1v) is 6.92. The fourth-order valence-corrected chi connectivity index (χ4v) is 3.23. The molecule has 94 valence electrons. The van der Waals surface area contributed by atoms with E-state index < -0.39 is 0 Å². The van der Waals surface area contributed by atoms with Gasteiger partial charge in [-0.3, -0.25) is 4.79 Å². The van der Waals surface area contributed by atoms with Crippen molar-refractivity contribution in [1.82, 2.24) is 4.57 Å². The minimum Gasteiger partial charge on any atom is -0.327 e. The highest BCUT2D eigenvalue weighted by atomic mass is 32.1. The molecule has 0 saturated carbocycles. The number of nitrogens with one attached hydrogen (secondary N) is 1. The maximum Gasteiger partial charge on any atom is 0.267 e. The first-order valence-electron chi connectivity index (χ1n) is 5.70. The van der Waals surface area contributed by atoms with Crippen LogP contribution in [0, 0.1) is 10.9 Å². The Balaban J connectivity index is 2.28. The van der Waals surface area contributed by atoms with E-state index in [1.807, 2.05) is 48.7 Å². The molecule has 18 heavy (non-hydrogen) atoms. The number of carbonyl (C=O) groups is 1. The van der Waals surface area contributed by atoms with Gasteiger partial charge in [0, 0.05) is 17.9 Å². The van der Waals surface area contributed by atoms with Crippen LogP contribution in [0.2, 0.25) is 0 Å². The third-order valence-corrected chi connectivity index (χ3v) is 4.25. The number of thiazole rings is 1. The first-order chi connectivity index (χ1) is 8.63. The van der Waals surface area contributed by atoms with Gasteiger partial charge in [-0.15, -0.1) is 0 Å². The topological polar surface area (TPSA) is 34.0 Å². The molecule has 2 aromatic rings. The van der Waals surface area contributed by atoms with Crippen molar-refractivity contribution in [2.75, 3.05) is 5.32 Å². The summed E-state index contributed by atoms with van der Waals surface area (Å²) in [5.41, 5.74) is 1.73. The zero-order valence-corrected chi connectivity index (χ0v) is 11.9. The van der Waals surface area contributed by atoms with Crippen molar-refractivity contribution in [3.63, 3.8) is 0 Å². The van der Waals surface area contributed by atoms with Crippen molar-refractivity contribution in [1.29, 1.82) is 0 Å². The molecule has 0 radical (unpaired) electrons. The van der Waals surface area contributed by atoms with E-state index in [2.05, 4.69) is 5.32 Å². The summed E-state index contributed by atoms with van der Waals surface area (Å²) in [6, 6.07) is 9.42. The molecule has 0 atom stereocenters. The fraction of sp³-hybridized carbons (Fsp3) is 0.231. The maximum absolute atomic E-state index is 12.2. The minimum atomic E-state index is -0.0954. The van der Waals surface area contributed by atoms with E-state index in [-0.39, 0.29) is 5.91 Å². The molecule has 0 fully saturated rings. The van der Waals surface area contributed by atoms with Crippen molar-refractivity contribution >= 4 is 35.1 Å². The summed E-state index contributed by atoms with van der Waals surface area (Å²) in [7, 11) is 0. The molecule has 0 saturated heterocycles. The van der Waals surface area contributed by atoms with E-state index in [0.29, 0.717) is 4.88 Å². The summed E-state index contributed by atoms with van der Waals surface area (Å²) in [6.07, 6.45) is 0. The van der Waals surface area contributed by atoms with Crippen LogP contribution >= 0.6 is 23.6 Å². The van der Waals surface area contributed by atoms with Gasteiger partial charge in [-0.05, 0) is 38.2 Å². The van der Waals surface area contributed by atoms with Crippen molar-refractivity contribution in [3.8, 4) is 0 Å². The minimum absolute atomic E-state index is 0.0954. The largest absolute Gasteiger partial charge is 0.327 e. The second-order valence-corrected chi connectivity index (χ2v) is 5.49. The van der Waals surface area contributed by atoms with Crippen molar-refractivity contribution in [2.45, 2.75) is 20.4 Å². The summed E-state index contributed by atoms with van der Waals surface area (Å²) in [6.45, 7) is 4.74. The molecule has 0 aliphatic heterocycles. The van der Waals surface area contributed by atoms with Gasteiger partial charge in [0.25, 0.3) is 5.91 Å². The van der Waals surface area contributed by atoms with Crippen LogP contribution in [0.25, 0.3) is 0 Å². The zero-order chi connectivity index (χ0) is 13.1. The van der Waals surface area contributed by atoms with E-state index in [1.165, 1.54) is 11.3 Å². The Morgan fingerprint density at radius 1 is 1.39 bits per heavy atom. The van der Waals surface area contributed by atoms with Crippen LogP contribution in [-0.4, -0.2) is 10.5 Å². The lowest BCUT2D eigenvalue weighted by molar-refractivity contribution is 0.102. The summed E-state index contributed by atoms with van der Waals surface area (Å²) in [4.78, 5) is 12.8. The smallest absolute Gasteiger partial charge is 0.267 e. The molecule has 1 aromatic carbocycles. The molecule has 0 aliphatic rings. The summed E-state index contributed by atoms with van der Waals surface area (Å²) < 4.78 is 2.72. The summed E-state index contributed by atoms with van der Waals surface area (Å²) in [5.74, 6) is -0.0954. The van der Waals surface area contributed by atoms with Crippen LogP contribution in [0.5, 0.6) is 0 Å². The predicted octanol–water partition coefficient (Wildman–Crippen LogP) is 3.86. The Morgan fingerprint density at radius 2 is 2.06 bits per heavy atom. The van der Waals surface area contributed by atoms with E-state index in [4.69, 9.17) is 12.2 Å². The number of amides is 1. The zero-order valence-electron chi connectivity index (χ0n) is 10.3. The van der Waals surface area contributed by atoms with Crippen molar-refractivity contribution in [2.24, 2.45) is 0 Å². The molecule has 5 heteroatoms. The van der Waals surface area contributed by atoms with Gasteiger partial charge in [0.1, 0.15) is 4.88 Å². The number of nitrogens with zero attached hydrogens (tertiary/aromatic N) is 1. The third kappa shape index (κ3) is 2.52. The van der Waals surface area contributed by atoms with Crippen LogP contribution in [0.4, 0.5) is 5.69 Å². The number of para-hydroxylation sites is 1. The van der Waals surface area contributed by atoms with Gasteiger partial charge in [0.2, 0.25) is 0 Å². The molecule has 0 spiro atoms. The molecule has 2 rings (SSSR count). The highest BCUT2D eigenvalue weighted by Crippen LogP contribution is 2.20. The van der Waals surface area contributed by atoms with Gasteiger partial charge in [-0.25, -0.2) is 0 Å². The molecule has 0 bridgehead atoms. The quantitative estimate of drug-likeness (QED) is 0.865. The van der Waals surface area contributed by atoms with Crippen LogP contribution in [0.15, 0.2) is 30.3 Å². The van der Waals surface area contributed by atoms with E-state index >= 15 is 0 Å². The van der Waals surface area contributed by atoms with Gasteiger partial charge in [0.15, 0.2) is 3.95 Å². The average Bonchev–Trinajstić information content (AvgIpc) is 2.65. The molecular formula is C13H14N2OS2. The highest BCUT2D eigenvalue weighted by Gasteiger charge is 2.15. The monoisotopic (exact) mass is 278 g/mol. The number of anilines is 1. The van der Waals surface area contributed by atoms with Crippen LogP contribution in [-0.2, 0) is 6.54 Å². The van der Waals surface area contributed by atoms with Gasteiger partial charge in [0.05, 0.1) is 0 Å². The van der Waals surface area contributed by atoms with E-state index in [1.54, 1.807) is 0 Å². The maximum atomic E-state index is 12.2. The SMILES string of the molecule is CCn1c(C)c(C(=O)Nc2ccccc2)sc1=S. The van der Waals surface area contributed by atoms with Crippen LogP contribution < -0.4 is 5.32 Å². The van der Waals surface area contributed by atoms with Gasteiger partial charge in [-0.2, -0.15) is 0 Å². The molecule has 1 aromatic heterocycles. The standard InChI is InChI=1S/C13H14N2OS2/c1-3-15-9(2)11(18-13(15)17)12(16)14-10-7-5-4-6-8-10/h4-8H,3H2,1-2H3,(H,14,16). The van der Waals surface area contributed by atoms with Crippen LogP contribution in [0.3, 0.4) is 0 Å². The Bertz CT molecular complexity index is 614. The Morgan fingerprint density at radius 3 is 2.61 bits per heavy atom. The highest BCUT2D eigenvalue weighted by molar-refractivity contribution is 7.73. The Labute approximate surface area is 115 Å². The van der Waals surface area contributed by atoms with Gasteiger partial charge >= 0.3 is 0 Å². The first kappa shape index (κ1) is 13.0. The second-order valence-electron chi connectivity index (χ2n) is 3.85. The molecule has 1 amide bonds. The second kappa shape index (κ2) is 5.46. The van der Waals surface area contributed by atoms with Crippen molar-refractivity contribution < 1.29 is 4.79 Å². The van der Waals surface area contributed by atoms with E-state index in [0.717, 1.165) is 21.9 Å². The van der Waals surface area contributed by atoms with Gasteiger partial charge in [-0.1, -0.05) is 29.5 Å². The lowest BCUT2D eigenvalue weighted by atomic mass is 10.3. The number of benzene rings is 1. The number of hydrogen-bond acceptors (Lipinski definition) is 3. The normalized spacial score (nSPS) is 10.3.